The van der Waals surface area contributed by atoms with Crippen LogP contribution in [0.2, 0.25) is 0 Å². The van der Waals surface area contributed by atoms with Gasteiger partial charge < -0.3 is 10.1 Å². The first kappa shape index (κ1) is 14.8. The van der Waals surface area contributed by atoms with E-state index in [1.807, 2.05) is 18.2 Å². The van der Waals surface area contributed by atoms with Crippen LogP contribution in [0.25, 0.3) is 10.9 Å². The molecule has 0 spiro atoms. The van der Waals surface area contributed by atoms with Crippen LogP contribution in [0.15, 0.2) is 54.7 Å². The number of esters is 1. The summed E-state index contributed by atoms with van der Waals surface area (Å²) in [5.74, 6) is -0.478. The van der Waals surface area contributed by atoms with E-state index >= 15 is 0 Å². The Morgan fingerprint density at radius 1 is 1.13 bits per heavy atom. The third kappa shape index (κ3) is 2.91. The van der Waals surface area contributed by atoms with Crippen molar-refractivity contribution in [3.63, 3.8) is 0 Å². The number of para-hydroxylation sites is 2. The summed E-state index contributed by atoms with van der Waals surface area (Å²) in [6.45, 7) is 2.00. The summed E-state index contributed by atoms with van der Waals surface area (Å²) in [6, 6.07) is 13.7. The molecule has 1 heterocycles. The molecule has 0 aliphatic rings. The first-order chi connectivity index (χ1) is 11.2. The Balaban J connectivity index is 1.90. The average molecular weight is 309 g/mol. The molecule has 0 aliphatic heterocycles. The summed E-state index contributed by atoms with van der Waals surface area (Å²) in [7, 11) is 0. The molecule has 0 atom stereocenters. The number of anilines is 1. The highest BCUT2D eigenvalue weighted by Crippen LogP contribution is 2.18. The number of benzene rings is 2. The highest BCUT2D eigenvalue weighted by atomic mass is 16.5. The van der Waals surface area contributed by atoms with Crippen LogP contribution >= 0.6 is 0 Å². The lowest BCUT2D eigenvalue weighted by Crippen LogP contribution is -2.22. The van der Waals surface area contributed by atoms with Crippen molar-refractivity contribution in [3.05, 3.63) is 60.3 Å². The van der Waals surface area contributed by atoms with Crippen LogP contribution in [-0.4, -0.2) is 28.4 Å². The molecule has 3 aromatic rings. The Morgan fingerprint density at radius 3 is 2.70 bits per heavy atom. The predicted octanol–water partition coefficient (Wildman–Crippen LogP) is 3.29. The maximum atomic E-state index is 12.5. The number of carbonyl (C=O) groups is 2. The summed E-state index contributed by atoms with van der Waals surface area (Å²) in [4.78, 5) is 24.4. The molecule has 6 heteroatoms. The summed E-state index contributed by atoms with van der Waals surface area (Å²) in [5, 5.41) is 7.66. The highest BCUT2D eigenvalue weighted by Gasteiger charge is 2.16. The molecule has 23 heavy (non-hydrogen) atoms. The van der Waals surface area contributed by atoms with Gasteiger partial charge >= 0.3 is 12.0 Å². The van der Waals surface area contributed by atoms with Gasteiger partial charge in [0.2, 0.25) is 0 Å². The van der Waals surface area contributed by atoms with E-state index in [9.17, 15) is 9.59 Å². The van der Waals surface area contributed by atoms with Gasteiger partial charge in [0, 0.05) is 5.39 Å². The lowest BCUT2D eigenvalue weighted by molar-refractivity contribution is 0.0527. The van der Waals surface area contributed by atoms with Gasteiger partial charge in [-0.15, -0.1) is 0 Å². The fourth-order valence-corrected chi connectivity index (χ4v) is 2.28. The monoisotopic (exact) mass is 309 g/mol. The van der Waals surface area contributed by atoms with E-state index in [2.05, 4.69) is 10.4 Å². The van der Waals surface area contributed by atoms with Crippen LogP contribution in [0.5, 0.6) is 0 Å². The third-order valence-corrected chi connectivity index (χ3v) is 3.33. The second-order valence-corrected chi connectivity index (χ2v) is 4.81. The van der Waals surface area contributed by atoms with Gasteiger partial charge in [-0.25, -0.2) is 9.59 Å². The largest absolute Gasteiger partial charge is 0.462 e. The number of ether oxygens (including phenoxy) is 1. The SMILES string of the molecule is CCOC(=O)c1ccccc1NC(=O)n1ncc2ccccc21. The molecular formula is C17H15N3O3. The maximum Gasteiger partial charge on any atom is 0.347 e. The zero-order valence-corrected chi connectivity index (χ0v) is 12.5. The van der Waals surface area contributed by atoms with E-state index in [1.165, 1.54) is 4.68 Å². The molecule has 116 valence electrons. The molecule has 1 amide bonds. The number of amides is 1. The first-order valence-corrected chi connectivity index (χ1v) is 7.21. The molecule has 6 nitrogen and oxygen atoms in total. The molecule has 2 aromatic carbocycles. The van der Waals surface area contributed by atoms with E-state index in [0.717, 1.165) is 5.39 Å². The van der Waals surface area contributed by atoms with Crippen molar-refractivity contribution < 1.29 is 14.3 Å². The van der Waals surface area contributed by atoms with Gasteiger partial charge in [-0.3, -0.25) is 0 Å². The highest BCUT2D eigenvalue weighted by molar-refractivity contribution is 6.03. The van der Waals surface area contributed by atoms with Crippen molar-refractivity contribution >= 4 is 28.6 Å². The van der Waals surface area contributed by atoms with Gasteiger partial charge in [0.15, 0.2) is 0 Å². The van der Waals surface area contributed by atoms with Crippen LogP contribution in [0.1, 0.15) is 17.3 Å². The number of aromatic nitrogens is 2. The van der Waals surface area contributed by atoms with E-state index in [-0.39, 0.29) is 6.61 Å². The van der Waals surface area contributed by atoms with Crippen LogP contribution < -0.4 is 5.32 Å². The van der Waals surface area contributed by atoms with Crippen LogP contribution in [0, 0.1) is 0 Å². The van der Waals surface area contributed by atoms with Gasteiger partial charge in [0.25, 0.3) is 0 Å². The van der Waals surface area contributed by atoms with E-state index < -0.39 is 12.0 Å². The van der Waals surface area contributed by atoms with Crippen LogP contribution in [0.4, 0.5) is 10.5 Å². The molecule has 3 rings (SSSR count). The summed E-state index contributed by atoms with van der Waals surface area (Å²) in [6.07, 6.45) is 1.62. The van der Waals surface area contributed by atoms with Crippen molar-refractivity contribution in [1.82, 2.24) is 9.78 Å². The zero-order valence-electron chi connectivity index (χ0n) is 12.5. The Labute approximate surface area is 132 Å². The van der Waals surface area contributed by atoms with Gasteiger partial charge in [-0.2, -0.15) is 9.78 Å². The van der Waals surface area contributed by atoms with Crippen molar-refractivity contribution in [2.45, 2.75) is 6.92 Å². The molecule has 0 unspecified atom stereocenters. The minimum absolute atomic E-state index is 0.269. The standard InChI is InChI=1S/C17H15N3O3/c1-2-23-16(21)13-8-4-5-9-14(13)19-17(22)20-15-10-6-3-7-12(15)11-18-20/h3-11H,2H2,1H3,(H,19,22). The number of nitrogens with one attached hydrogen (secondary N) is 1. The van der Waals surface area contributed by atoms with Gasteiger partial charge in [-0.05, 0) is 25.1 Å². The normalized spacial score (nSPS) is 10.5. The van der Waals surface area contributed by atoms with Gasteiger partial charge in [0.05, 0.1) is 29.6 Å². The molecule has 1 aromatic heterocycles. The number of rotatable bonds is 3. The molecule has 0 saturated heterocycles. The molecule has 0 aliphatic carbocycles. The summed E-state index contributed by atoms with van der Waals surface area (Å²) >= 11 is 0. The topological polar surface area (TPSA) is 73.2 Å². The molecule has 1 N–H and O–H groups in total. The van der Waals surface area contributed by atoms with E-state index in [1.54, 1.807) is 43.5 Å². The lowest BCUT2D eigenvalue weighted by Gasteiger charge is -2.10. The lowest BCUT2D eigenvalue weighted by atomic mass is 10.2. The molecule has 0 saturated carbocycles. The zero-order chi connectivity index (χ0) is 16.2. The molecule has 0 radical (unpaired) electrons. The molecule has 0 bridgehead atoms. The van der Waals surface area contributed by atoms with E-state index in [4.69, 9.17) is 4.74 Å². The quantitative estimate of drug-likeness (QED) is 0.753. The Hall–Kier alpha value is -3.15. The van der Waals surface area contributed by atoms with Crippen molar-refractivity contribution in [1.29, 1.82) is 0 Å². The predicted molar refractivity (Wildman–Crippen MR) is 86.5 cm³/mol. The summed E-state index contributed by atoms with van der Waals surface area (Å²) < 4.78 is 6.26. The minimum atomic E-state index is -0.478. The fourth-order valence-electron chi connectivity index (χ4n) is 2.28. The number of nitrogens with zero attached hydrogens (tertiary/aromatic N) is 2. The van der Waals surface area contributed by atoms with Crippen LogP contribution in [0.3, 0.4) is 0 Å². The fraction of sp³-hybridized carbons (Fsp3) is 0.118. The summed E-state index contributed by atoms with van der Waals surface area (Å²) in [5.41, 5.74) is 1.38. The van der Waals surface area contributed by atoms with Crippen molar-refractivity contribution in [2.75, 3.05) is 11.9 Å². The number of hydrogen-bond acceptors (Lipinski definition) is 4. The first-order valence-electron chi connectivity index (χ1n) is 7.21. The Bertz CT molecular complexity index is 870. The Kier molecular flexibility index (Phi) is 4.05. The number of carbonyl (C=O) groups excluding carboxylic acids is 2. The molecule has 0 fully saturated rings. The minimum Gasteiger partial charge on any atom is -0.462 e. The van der Waals surface area contributed by atoms with Crippen molar-refractivity contribution in [2.24, 2.45) is 0 Å². The maximum absolute atomic E-state index is 12.5. The van der Waals surface area contributed by atoms with Gasteiger partial charge in [-0.1, -0.05) is 30.3 Å². The second kappa shape index (κ2) is 6.31. The smallest absolute Gasteiger partial charge is 0.347 e. The second-order valence-electron chi connectivity index (χ2n) is 4.81. The third-order valence-electron chi connectivity index (χ3n) is 3.33. The van der Waals surface area contributed by atoms with Gasteiger partial charge in [0.1, 0.15) is 0 Å². The Morgan fingerprint density at radius 2 is 1.87 bits per heavy atom. The van der Waals surface area contributed by atoms with Crippen LogP contribution in [-0.2, 0) is 4.74 Å². The van der Waals surface area contributed by atoms with E-state index in [0.29, 0.717) is 16.8 Å². The number of hydrogen-bond donors (Lipinski definition) is 1. The number of fused-ring (bicyclic) bond motifs is 1. The average Bonchev–Trinajstić information content (AvgIpc) is 2.99. The molecular weight excluding hydrogens is 294 g/mol. The van der Waals surface area contributed by atoms with Crippen molar-refractivity contribution in [3.8, 4) is 0 Å².